The van der Waals surface area contributed by atoms with E-state index in [1.807, 2.05) is 37.3 Å². The second-order valence-electron chi connectivity index (χ2n) is 5.31. The van der Waals surface area contributed by atoms with Gasteiger partial charge in [-0.2, -0.15) is 0 Å². The monoisotopic (exact) mass is 271 g/mol. The molecule has 0 aliphatic heterocycles. The summed E-state index contributed by atoms with van der Waals surface area (Å²) in [5.74, 6) is 0.330. The maximum atomic E-state index is 12.1. The average Bonchev–Trinajstić information content (AvgIpc) is 3.25. The Morgan fingerprint density at radius 3 is 2.60 bits per heavy atom. The fourth-order valence-electron chi connectivity index (χ4n) is 2.35. The van der Waals surface area contributed by atoms with Crippen molar-refractivity contribution < 1.29 is 4.79 Å². The lowest BCUT2D eigenvalue weighted by Crippen LogP contribution is -2.24. The fourth-order valence-corrected chi connectivity index (χ4v) is 2.35. The zero-order valence-corrected chi connectivity index (χ0v) is 11.3. The lowest BCUT2D eigenvalue weighted by atomic mass is 10.1. The van der Waals surface area contributed by atoms with Crippen molar-refractivity contribution in [3.63, 3.8) is 0 Å². The number of H-pyrrole nitrogens is 2. The number of aromatic amines is 2. The van der Waals surface area contributed by atoms with Gasteiger partial charge >= 0.3 is 0 Å². The van der Waals surface area contributed by atoms with Gasteiger partial charge in [0.15, 0.2) is 0 Å². The SMILES string of the molecule is CC(C(=O)Nc1c(-c2ccccc2)[nH][nH]c1=O)C1CC1. The van der Waals surface area contributed by atoms with Crippen LogP contribution in [0.15, 0.2) is 35.1 Å². The summed E-state index contributed by atoms with van der Waals surface area (Å²) < 4.78 is 0. The van der Waals surface area contributed by atoms with E-state index in [0.29, 0.717) is 17.3 Å². The fraction of sp³-hybridized carbons (Fsp3) is 0.333. The Labute approximate surface area is 116 Å². The van der Waals surface area contributed by atoms with Gasteiger partial charge in [0.05, 0.1) is 5.69 Å². The molecule has 1 heterocycles. The maximum absolute atomic E-state index is 12.1. The summed E-state index contributed by atoms with van der Waals surface area (Å²) in [6.07, 6.45) is 2.20. The Hall–Kier alpha value is -2.30. The summed E-state index contributed by atoms with van der Waals surface area (Å²) in [4.78, 5) is 24.0. The Morgan fingerprint density at radius 2 is 1.95 bits per heavy atom. The van der Waals surface area contributed by atoms with E-state index in [1.165, 1.54) is 0 Å². The molecule has 20 heavy (non-hydrogen) atoms. The number of rotatable bonds is 4. The smallest absolute Gasteiger partial charge is 0.288 e. The zero-order valence-electron chi connectivity index (χ0n) is 11.3. The van der Waals surface area contributed by atoms with E-state index in [-0.39, 0.29) is 17.4 Å². The lowest BCUT2D eigenvalue weighted by molar-refractivity contribution is -0.119. The standard InChI is InChI=1S/C15H17N3O2/c1-9(10-7-8-10)14(19)16-13-12(17-18-15(13)20)11-5-3-2-4-6-11/h2-6,9-10H,7-8H2,1H3,(H,16,19)(H2,17,18,20). The van der Waals surface area contributed by atoms with Crippen molar-refractivity contribution in [2.24, 2.45) is 11.8 Å². The molecule has 1 aromatic heterocycles. The summed E-state index contributed by atoms with van der Waals surface area (Å²) in [5, 5.41) is 8.12. The van der Waals surface area contributed by atoms with E-state index in [2.05, 4.69) is 15.5 Å². The molecule has 1 aliphatic carbocycles. The summed E-state index contributed by atoms with van der Waals surface area (Å²) in [6.45, 7) is 1.91. The van der Waals surface area contributed by atoms with Gasteiger partial charge in [-0.25, -0.2) is 0 Å². The van der Waals surface area contributed by atoms with Gasteiger partial charge in [-0.15, -0.1) is 0 Å². The molecule has 2 aromatic rings. The van der Waals surface area contributed by atoms with Crippen molar-refractivity contribution in [1.29, 1.82) is 0 Å². The Kier molecular flexibility index (Phi) is 3.18. The van der Waals surface area contributed by atoms with Crippen molar-refractivity contribution in [3.05, 3.63) is 40.7 Å². The van der Waals surface area contributed by atoms with Gasteiger partial charge in [-0.1, -0.05) is 37.3 Å². The van der Waals surface area contributed by atoms with Gasteiger partial charge in [0.1, 0.15) is 5.69 Å². The molecule has 5 heteroatoms. The minimum absolute atomic E-state index is 0.0482. The van der Waals surface area contributed by atoms with Crippen molar-refractivity contribution in [2.45, 2.75) is 19.8 Å². The van der Waals surface area contributed by atoms with Crippen LogP contribution in [0, 0.1) is 11.8 Å². The molecule has 1 amide bonds. The van der Waals surface area contributed by atoms with Crippen LogP contribution in [0.3, 0.4) is 0 Å². The predicted molar refractivity (Wildman–Crippen MR) is 77.4 cm³/mol. The molecule has 0 radical (unpaired) electrons. The highest BCUT2D eigenvalue weighted by molar-refractivity contribution is 5.95. The number of anilines is 1. The molecule has 1 atom stereocenters. The highest BCUT2D eigenvalue weighted by atomic mass is 16.2. The lowest BCUT2D eigenvalue weighted by Gasteiger charge is -2.10. The molecule has 104 valence electrons. The largest absolute Gasteiger partial charge is 0.319 e. The van der Waals surface area contributed by atoms with Crippen molar-refractivity contribution >= 4 is 11.6 Å². The number of carbonyl (C=O) groups is 1. The first-order valence-electron chi connectivity index (χ1n) is 6.83. The average molecular weight is 271 g/mol. The molecule has 1 saturated carbocycles. The number of benzene rings is 1. The number of hydrogen-bond donors (Lipinski definition) is 3. The van der Waals surface area contributed by atoms with Crippen LogP contribution in [0.4, 0.5) is 5.69 Å². The molecule has 3 rings (SSSR count). The topological polar surface area (TPSA) is 77.8 Å². The summed E-state index contributed by atoms with van der Waals surface area (Å²) in [5.41, 5.74) is 1.47. The van der Waals surface area contributed by atoms with Crippen LogP contribution in [-0.4, -0.2) is 16.1 Å². The van der Waals surface area contributed by atoms with Gasteiger partial charge in [-0.05, 0) is 18.8 Å². The Balaban J connectivity index is 1.88. The second kappa shape index (κ2) is 5.00. The second-order valence-corrected chi connectivity index (χ2v) is 5.31. The molecule has 5 nitrogen and oxygen atoms in total. The number of nitrogens with one attached hydrogen (secondary N) is 3. The van der Waals surface area contributed by atoms with E-state index >= 15 is 0 Å². The molecule has 0 saturated heterocycles. The molecule has 0 bridgehead atoms. The third-order valence-electron chi connectivity index (χ3n) is 3.83. The van der Waals surface area contributed by atoms with Gasteiger partial charge in [0.25, 0.3) is 5.56 Å². The molecular weight excluding hydrogens is 254 g/mol. The molecule has 1 fully saturated rings. The molecular formula is C15H17N3O2. The van der Waals surface area contributed by atoms with Crippen LogP contribution in [-0.2, 0) is 4.79 Å². The van der Waals surface area contributed by atoms with E-state index in [4.69, 9.17) is 0 Å². The minimum atomic E-state index is -0.305. The summed E-state index contributed by atoms with van der Waals surface area (Å²) in [6, 6.07) is 9.46. The molecule has 0 spiro atoms. The van der Waals surface area contributed by atoms with Crippen LogP contribution in [0.5, 0.6) is 0 Å². The highest BCUT2D eigenvalue weighted by Crippen LogP contribution is 2.37. The van der Waals surface area contributed by atoms with Gasteiger partial charge in [0.2, 0.25) is 5.91 Å². The van der Waals surface area contributed by atoms with Crippen LogP contribution < -0.4 is 10.9 Å². The van der Waals surface area contributed by atoms with Crippen LogP contribution >= 0.6 is 0 Å². The molecule has 1 unspecified atom stereocenters. The van der Waals surface area contributed by atoms with Crippen LogP contribution in [0.2, 0.25) is 0 Å². The summed E-state index contributed by atoms with van der Waals surface area (Å²) >= 11 is 0. The van der Waals surface area contributed by atoms with Crippen molar-refractivity contribution in [2.75, 3.05) is 5.32 Å². The minimum Gasteiger partial charge on any atom is -0.319 e. The number of hydrogen-bond acceptors (Lipinski definition) is 2. The van der Waals surface area contributed by atoms with Crippen LogP contribution in [0.25, 0.3) is 11.3 Å². The highest BCUT2D eigenvalue weighted by Gasteiger charge is 2.33. The van der Waals surface area contributed by atoms with E-state index in [0.717, 1.165) is 18.4 Å². The normalized spacial score (nSPS) is 15.8. The van der Waals surface area contributed by atoms with E-state index < -0.39 is 0 Å². The van der Waals surface area contributed by atoms with Gasteiger partial charge in [0, 0.05) is 11.5 Å². The van der Waals surface area contributed by atoms with Gasteiger partial charge in [-0.3, -0.25) is 19.8 Å². The Bertz CT molecular complexity index is 668. The van der Waals surface area contributed by atoms with E-state index in [1.54, 1.807) is 0 Å². The van der Waals surface area contributed by atoms with Crippen LogP contribution in [0.1, 0.15) is 19.8 Å². The first kappa shape index (κ1) is 12.7. The molecule has 1 aromatic carbocycles. The molecule has 3 N–H and O–H groups in total. The first-order valence-corrected chi connectivity index (χ1v) is 6.83. The van der Waals surface area contributed by atoms with Crippen molar-refractivity contribution in [1.82, 2.24) is 10.2 Å². The third kappa shape index (κ3) is 2.39. The maximum Gasteiger partial charge on any atom is 0.288 e. The first-order chi connectivity index (χ1) is 9.66. The predicted octanol–water partition coefficient (Wildman–Crippen LogP) is 2.35. The zero-order chi connectivity index (χ0) is 14.1. The third-order valence-corrected chi connectivity index (χ3v) is 3.83. The Morgan fingerprint density at radius 1 is 1.25 bits per heavy atom. The molecule has 1 aliphatic rings. The number of carbonyl (C=O) groups excluding carboxylic acids is 1. The number of aromatic nitrogens is 2. The summed E-state index contributed by atoms with van der Waals surface area (Å²) in [7, 11) is 0. The van der Waals surface area contributed by atoms with Gasteiger partial charge < -0.3 is 5.32 Å². The van der Waals surface area contributed by atoms with Crippen molar-refractivity contribution in [3.8, 4) is 11.3 Å². The van der Waals surface area contributed by atoms with E-state index in [9.17, 15) is 9.59 Å². The number of amides is 1. The quantitative estimate of drug-likeness (QED) is 0.798.